The Morgan fingerprint density at radius 1 is 1.08 bits per heavy atom. The summed E-state index contributed by atoms with van der Waals surface area (Å²) in [6, 6.07) is 0. The Morgan fingerprint density at radius 3 is 2.17 bits per heavy atom. The summed E-state index contributed by atoms with van der Waals surface area (Å²) in [5.41, 5.74) is 0. The Kier molecular flexibility index (Phi) is 7.74. The molecule has 0 saturated carbocycles. The lowest BCUT2D eigenvalue weighted by Crippen LogP contribution is -2.02. The molecule has 12 heavy (non-hydrogen) atoms. The summed E-state index contributed by atoms with van der Waals surface area (Å²) in [4.78, 5) is 0. The molecule has 0 aromatic rings. The van der Waals surface area contributed by atoms with Crippen molar-refractivity contribution in [1.82, 2.24) is 0 Å². The van der Waals surface area contributed by atoms with Gasteiger partial charge in [0, 0.05) is 0 Å². The van der Waals surface area contributed by atoms with Gasteiger partial charge in [0.05, 0.1) is 7.85 Å². The van der Waals surface area contributed by atoms with E-state index in [0.29, 0.717) is 0 Å². The molecule has 70 valence electrons. The molecule has 2 atom stereocenters. The molecule has 2 radical (unpaired) electrons. The summed E-state index contributed by atoms with van der Waals surface area (Å²) in [6.07, 6.45) is 7.61. The quantitative estimate of drug-likeness (QED) is 0.504. The molecule has 0 N–H and O–H groups in total. The molecule has 0 aliphatic carbocycles. The van der Waals surface area contributed by atoms with Crippen LogP contribution in [0.4, 0.5) is 0 Å². The van der Waals surface area contributed by atoms with Gasteiger partial charge < -0.3 is 0 Å². The average Bonchev–Trinajstić information content (AvgIpc) is 2.11. The molecule has 0 nitrogen and oxygen atoms in total. The second kappa shape index (κ2) is 7.70. The van der Waals surface area contributed by atoms with Crippen molar-refractivity contribution < 1.29 is 0 Å². The summed E-state index contributed by atoms with van der Waals surface area (Å²) < 4.78 is 0. The fourth-order valence-corrected chi connectivity index (χ4v) is 1.60. The summed E-state index contributed by atoms with van der Waals surface area (Å²) in [5, 5.41) is 0. The van der Waals surface area contributed by atoms with Crippen LogP contribution >= 0.6 is 0 Å². The van der Waals surface area contributed by atoms with E-state index in [4.69, 9.17) is 7.85 Å². The van der Waals surface area contributed by atoms with Crippen molar-refractivity contribution >= 4 is 7.85 Å². The summed E-state index contributed by atoms with van der Waals surface area (Å²) in [5.74, 6) is 1.67. The van der Waals surface area contributed by atoms with E-state index in [-0.39, 0.29) is 0 Å². The maximum Gasteiger partial charge on any atom is 0.0656 e. The van der Waals surface area contributed by atoms with E-state index in [1.54, 1.807) is 0 Å². The van der Waals surface area contributed by atoms with Crippen LogP contribution in [0.25, 0.3) is 0 Å². The molecule has 1 heteroatoms. The van der Waals surface area contributed by atoms with Crippen LogP contribution in [-0.2, 0) is 0 Å². The molecule has 0 saturated heterocycles. The largest absolute Gasteiger partial charge is 0.0862 e. The maximum absolute atomic E-state index is 5.57. The zero-order valence-electron chi connectivity index (χ0n) is 8.97. The van der Waals surface area contributed by atoms with Gasteiger partial charge in [-0.25, -0.2) is 0 Å². The van der Waals surface area contributed by atoms with Crippen LogP contribution in [0.15, 0.2) is 0 Å². The SMILES string of the molecule is [B]CC(C)CCC(CC)CCC. The van der Waals surface area contributed by atoms with Crippen LogP contribution in [0.5, 0.6) is 0 Å². The third-order valence-electron chi connectivity index (χ3n) is 2.74. The van der Waals surface area contributed by atoms with Gasteiger partial charge in [-0.3, -0.25) is 0 Å². The molecule has 0 amide bonds. The number of hydrogen-bond acceptors (Lipinski definition) is 0. The van der Waals surface area contributed by atoms with Crippen LogP contribution in [0.1, 0.15) is 52.9 Å². The van der Waals surface area contributed by atoms with E-state index in [1.165, 1.54) is 32.1 Å². The van der Waals surface area contributed by atoms with Gasteiger partial charge >= 0.3 is 0 Å². The van der Waals surface area contributed by atoms with Crippen molar-refractivity contribution in [3.8, 4) is 0 Å². The molecule has 0 fully saturated rings. The van der Waals surface area contributed by atoms with Gasteiger partial charge in [0.2, 0.25) is 0 Å². The van der Waals surface area contributed by atoms with Crippen molar-refractivity contribution in [3.05, 3.63) is 0 Å². The minimum Gasteiger partial charge on any atom is -0.0862 e. The highest BCUT2D eigenvalue weighted by Gasteiger charge is 2.06. The monoisotopic (exact) mass is 166 g/mol. The van der Waals surface area contributed by atoms with Crippen LogP contribution in [-0.4, -0.2) is 7.85 Å². The van der Waals surface area contributed by atoms with Crippen LogP contribution < -0.4 is 0 Å². The fraction of sp³-hybridized carbons (Fsp3) is 1.00. The molecule has 0 aromatic heterocycles. The normalized spacial score (nSPS) is 15.9. The molecule has 0 heterocycles. The van der Waals surface area contributed by atoms with E-state index in [0.717, 1.165) is 18.2 Å². The molecule has 0 rings (SSSR count). The summed E-state index contributed by atoms with van der Waals surface area (Å²) in [7, 11) is 5.57. The predicted octanol–water partition coefficient (Wildman–Crippen LogP) is 3.82. The molecule has 0 aromatic carbocycles. The zero-order chi connectivity index (χ0) is 9.40. The number of hydrogen-bond donors (Lipinski definition) is 0. The molecule has 2 unspecified atom stereocenters. The molecular formula is C11H23B. The first-order valence-corrected chi connectivity index (χ1v) is 5.44. The highest BCUT2D eigenvalue weighted by molar-refractivity contribution is 6.08. The van der Waals surface area contributed by atoms with Crippen molar-refractivity contribution in [1.29, 1.82) is 0 Å². The molecule has 0 spiro atoms. The van der Waals surface area contributed by atoms with Crippen molar-refractivity contribution in [2.45, 2.75) is 59.2 Å². The van der Waals surface area contributed by atoms with E-state index < -0.39 is 0 Å². The molecule has 0 bridgehead atoms. The minimum atomic E-state index is 0.718. The lowest BCUT2D eigenvalue weighted by molar-refractivity contribution is 0.388. The smallest absolute Gasteiger partial charge is 0.0656 e. The standard InChI is InChI=1S/C11H23B/c1-4-6-11(5-2)8-7-10(3)9-12/h10-11H,4-9H2,1-3H3. The van der Waals surface area contributed by atoms with E-state index in [2.05, 4.69) is 20.8 Å². The third kappa shape index (κ3) is 5.68. The lowest BCUT2D eigenvalue weighted by atomic mass is 9.85. The highest BCUT2D eigenvalue weighted by atomic mass is 14.1. The Bertz CT molecular complexity index is 91.0. The van der Waals surface area contributed by atoms with Crippen LogP contribution in [0.3, 0.4) is 0 Å². The second-order valence-electron chi connectivity index (χ2n) is 3.98. The Morgan fingerprint density at radius 2 is 1.75 bits per heavy atom. The fourth-order valence-electron chi connectivity index (χ4n) is 1.60. The first kappa shape index (κ1) is 12.1. The van der Waals surface area contributed by atoms with Gasteiger partial charge in [-0.1, -0.05) is 65.1 Å². The Labute approximate surface area is 79.5 Å². The van der Waals surface area contributed by atoms with Gasteiger partial charge in [0.15, 0.2) is 0 Å². The van der Waals surface area contributed by atoms with Crippen molar-refractivity contribution in [2.24, 2.45) is 11.8 Å². The van der Waals surface area contributed by atoms with Gasteiger partial charge in [0.25, 0.3) is 0 Å². The van der Waals surface area contributed by atoms with E-state index >= 15 is 0 Å². The van der Waals surface area contributed by atoms with Gasteiger partial charge in [0.1, 0.15) is 0 Å². The molecule has 0 aliphatic heterocycles. The summed E-state index contributed by atoms with van der Waals surface area (Å²) in [6.45, 7) is 6.82. The van der Waals surface area contributed by atoms with Crippen molar-refractivity contribution in [3.63, 3.8) is 0 Å². The molecular weight excluding hydrogens is 143 g/mol. The lowest BCUT2D eigenvalue weighted by Gasteiger charge is -2.16. The zero-order valence-corrected chi connectivity index (χ0v) is 8.97. The summed E-state index contributed by atoms with van der Waals surface area (Å²) >= 11 is 0. The van der Waals surface area contributed by atoms with E-state index in [9.17, 15) is 0 Å². The minimum absolute atomic E-state index is 0.718. The highest BCUT2D eigenvalue weighted by Crippen LogP contribution is 2.21. The van der Waals surface area contributed by atoms with Crippen LogP contribution in [0, 0.1) is 11.8 Å². The Balaban J connectivity index is 3.43. The first-order chi connectivity index (χ1) is 5.74. The predicted molar refractivity (Wildman–Crippen MR) is 57.6 cm³/mol. The topological polar surface area (TPSA) is 0 Å². The van der Waals surface area contributed by atoms with E-state index in [1.807, 2.05) is 0 Å². The second-order valence-corrected chi connectivity index (χ2v) is 3.98. The first-order valence-electron chi connectivity index (χ1n) is 5.44. The van der Waals surface area contributed by atoms with Crippen LogP contribution in [0.2, 0.25) is 6.32 Å². The van der Waals surface area contributed by atoms with Gasteiger partial charge in [-0.15, -0.1) is 0 Å². The average molecular weight is 166 g/mol. The third-order valence-corrected chi connectivity index (χ3v) is 2.74. The Hall–Kier alpha value is 0.0649. The maximum atomic E-state index is 5.57. The van der Waals surface area contributed by atoms with Gasteiger partial charge in [-0.2, -0.15) is 0 Å². The van der Waals surface area contributed by atoms with Crippen molar-refractivity contribution in [2.75, 3.05) is 0 Å². The van der Waals surface area contributed by atoms with Gasteiger partial charge in [-0.05, 0) is 5.92 Å². The number of rotatable bonds is 7. The molecule has 0 aliphatic rings.